The van der Waals surface area contributed by atoms with Gasteiger partial charge in [0.2, 0.25) is 5.01 Å². The summed E-state index contributed by atoms with van der Waals surface area (Å²) in [5.74, 6) is -1.04. The number of hydrogen-bond acceptors (Lipinski definition) is 5. The SMILES string of the molecule is CC(C)N(C(=O)C(F)Oc1nnc(C(F)(F)F)s1)c1ccccc1. The van der Waals surface area contributed by atoms with E-state index in [0.29, 0.717) is 5.69 Å². The Bertz CT molecular complexity index is 691. The lowest BCUT2D eigenvalue weighted by atomic mass is 10.2. The van der Waals surface area contributed by atoms with E-state index in [2.05, 4.69) is 14.9 Å². The number of carbonyl (C=O) groups excluding carboxylic acids is 1. The smallest absolute Gasteiger partial charge is 0.425 e. The molecule has 0 aliphatic heterocycles. The number of halogens is 4. The highest BCUT2D eigenvalue weighted by Gasteiger charge is 2.37. The monoisotopic (exact) mass is 363 g/mol. The van der Waals surface area contributed by atoms with Gasteiger partial charge in [0, 0.05) is 11.7 Å². The Morgan fingerprint density at radius 1 is 1.21 bits per heavy atom. The van der Waals surface area contributed by atoms with Crippen molar-refractivity contribution in [2.24, 2.45) is 0 Å². The van der Waals surface area contributed by atoms with Gasteiger partial charge in [0.05, 0.1) is 0 Å². The molecule has 1 aromatic heterocycles. The first-order valence-corrected chi connectivity index (χ1v) is 7.61. The summed E-state index contributed by atoms with van der Waals surface area (Å²) in [4.78, 5) is 13.4. The number of hydrogen-bond donors (Lipinski definition) is 0. The molecule has 1 aromatic carbocycles. The molecule has 1 heterocycles. The van der Waals surface area contributed by atoms with Crippen LogP contribution in [0.3, 0.4) is 0 Å². The Labute approximate surface area is 138 Å². The van der Waals surface area contributed by atoms with Crippen LogP contribution in [0.5, 0.6) is 5.19 Å². The normalized spacial score (nSPS) is 13.0. The average Bonchev–Trinajstić information content (AvgIpc) is 2.96. The Morgan fingerprint density at radius 2 is 1.83 bits per heavy atom. The fraction of sp³-hybridized carbons (Fsp3) is 0.357. The zero-order chi connectivity index (χ0) is 17.9. The van der Waals surface area contributed by atoms with Crippen molar-refractivity contribution < 1.29 is 27.1 Å². The van der Waals surface area contributed by atoms with E-state index in [-0.39, 0.29) is 17.4 Å². The van der Waals surface area contributed by atoms with Crippen molar-refractivity contribution in [2.75, 3.05) is 4.90 Å². The molecule has 0 saturated heterocycles. The molecule has 1 unspecified atom stereocenters. The van der Waals surface area contributed by atoms with Gasteiger partial charge in [-0.05, 0) is 26.0 Å². The molecule has 1 atom stereocenters. The molecule has 24 heavy (non-hydrogen) atoms. The molecule has 1 amide bonds. The Kier molecular flexibility index (Phi) is 5.37. The molecule has 0 fully saturated rings. The highest BCUT2D eigenvalue weighted by Crippen LogP contribution is 2.34. The zero-order valence-electron chi connectivity index (χ0n) is 12.6. The van der Waals surface area contributed by atoms with Gasteiger partial charge in [0.1, 0.15) is 0 Å². The number of anilines is 1. The molecule has 0 N–H and O–H groups in total. The third-order valence-electron chi connectivity index (χ3n) is 2.84. The quantitative estimate of drug-likeness (QED) is 0.761. The van der Waals surface area contributed by atoms with Crippen LogP contribution in [0.25, 0.3) is 0 Å². The maximum atomic E-state index is 14.1. The fourth-order valence-electron chi connectivity index (χ4n) is 1.89. The molecule has 2 rings (SSSR count). The van der Waals surface area contributed by atoms with Gasteiger partial charge >= 0.3 is 18.4 Å². The van der Waals surface area contributed by atoms with Gasteiger partial charge in [-0.15, -0.1) is 5.10 Å². The third-order valence-corrected chi connectivity index (χ3v) is 3.69. The molecule has 0 aliphatic carbocycles. The van der Waals surface area contributed by atoms with E-state index < -0.39 is 28.6 Å². The third kappa shape index (κ3) is 4.19. The lowest BCUT2D eigenvalue weighted by molar-refractivity contribution is -0.138. The van der Waals surface area contributed by atoms with Crippen LogP contribution in [0.4, 0.5) is 23.2 Å². The van der Waals surface area contributed by atoms with Gasteiger partial charge in [-0.25, -0.2) is 0 Å². The van der Waals surface area contributed by atoms with Crippen LogP contribution in [0.15, 0.2) is 30.3 Å². The minimum absolute atomic E-state index is 0.0213. The van der Waals surface area contributed by atoms with Crippen LogP contribution in [-0.2, 0) is 11.0 Å². The molecule has 0 radical (unpaired) electrons. The van der Waals surface area contributed by atoms with Gasteiger partial charge in [-0.2, -0.15) is 17.6 Å². The second-order valence-electron chi connectivity index (χ2n) is 4.94. The van der Waals surface area contributed by atoms with Crippen molar-refractivity contribution in [3.05, 3.63) is 35.3 Å². The molecule has 10 heteroatoms. The molecule has 130 valence electrons. The van der Waals surface area contributed by atoms with Crippen LogP contribution in [-0.4, -0.2) is 28.5 Å². The standard InChI is InChI=1S/C14H13F4N3O2S/c1-8(2)21(9-6-4-3-5-7-9)11(22)10(15)23-13-20-19-12(24-13)14(16,17)18/h3-8,10H,1-2H3. The summed E-state index contributed by atoms with van der Waals surface area (Å²) in [5.41, 5.74) is 0.442. The molecule has 2 aromatic rings. The maximum Gasteiger partial charge on any atom is 0.445 e. The van der Waals surface area contributed by atoms with Crippen molar-refractivity contribution in [3.8, 4) is 5.19 Å². The Balaban J connectivity index is 2.14. The summed E-state index contributed by atoms with van der Waals surface area (Å²) >= 11 is 0.0213. The number of ether oxygens (including phenoxy) is 1. The van der Waals surface area contributed by atoms with E-state index in [1.165, 1.54) is 0 Å². The number of nitrogens with zero attached hydrogens (tertiary/aromatic N) is 3. The Morgan fingerprint density at radius 3 is 2.33 bits per heavy atom. The largest absolute Gasteiger partial charge is 0.445 e. The first-order chi connectivity index (χ1) is 11.2. The predicted molar refractivity (Wildman–Crippen MR) is 79.5 cm³/mol. The van der Waals surface area contributed by atoms with Crippen LogP contribution in [0.1, 0.15) is 18.9 Å². The molecule has 0 saturated carbocycles. The van der Waals surface area contributed by atoms with Gasteiger partial charge in [0.15, 0.2) is 0 Å². The van der Waals surface area contributed by atoms with Crippen LogP contribution in [0.2, 0.25) is 0 Å². The van der Waals surface area contributed by atoms with Crippen molar-refractivity contribution in [1.29, 1.82) is 0 Å². The molecule has 5 nitrogen and oxygen atoms in total. The second kappa shape index (κ2) is 7.12. The van der Waals surface area contributed by atoms with Crippen molar-refractivity contribution in [3.63, 3.8) is 0 Å². The van der Waals surface area contributed by atoms with E-state index >= 15 is 0 Å². The van der Waals surface area contributed by atoms with E-state index in [9.17, 15) is 22.4 Å². The molecule has 0 bridgehead atoms. The van der Waals surface area contributed by atoms with Crippen LogP contribution >= 0.6 is 11.3 Å². The number of benzene rings is 1. The van der Waals surface area contributed by atoms with Gasteiger partial charge in [-0.3, -0.25) is 4.79 Å². The molecular weight excluding hydrogens is 350 g/mol. The van der Waals surface area contributed by atoms with Crippen molar-refractivity contribution in [2.45, 2.75) is 32.4 Å². The van der Waals surface area contributed by atoms with Crippen molar-refractivity contribution >= 4 is 22.9 Å². The fourth-order valence-corrected chi connectivity index (χ4v) is 2.47. The molecule has 0 spiro atoms. The highest BCUT2D eigenvalue weighted by molar-refractivity contribution is 7.13. The zero-order valence-corrected chi connectivity index (χ0v) is 13.4. The van der Waals surface area contributed by atoms with Gasteiger partial charge in [-0.1, -0.05) is 34.6 Å². The molecule has 0 aliphatic rings. The van der Waals surface area contributed by atoms with Gasteiger partial charge in [0.25, 0.3) is 5.19 Å². The van der Waals surface area contributed by atoms with Crippen LogP contribution < -0.4 is 9.64 Å². The number of amides is 1. The molecular formula is C14H13F4N3O2S. The minimum atomic E-state index is -4.71. The lowest BCUT2D eigenvalue weighted by Crippen LogP contribution is -2.44. The first kappa shape index (κ1) is 18.1. The maximum absolute atomic E-state index is 14.1. The number of carbonyl (C=O) groups is 1. The summed E-state index contributed by atoms with van der Waals surface area (Å²) in [6.07, 6.45) is -7.20. The Hall–Kier alpha value is -2.23. The minimum Gasteiger partial charge on any atom is -0.425 e. The number of aromatic nitrogens is 2. The summed E-state index contributed by atoms with van der Waals surface area (Å²) in [6.45, 7) is 3.34. The first-order valence-electron chi connectivity index (χ1n) is 6.79. The van der Waals surface area contributed by atoms with Crippen LogP contribution in [0, 0.1) is 0 Å². The average molecular weight is 363 g/mol. The van der Waals surface area contributed by atoms with E-state index in [1.54, 1.807) is 44.2 Å². The van der Waals surface area contributed by atoms with Crippen molar-refractivity contribution in [1.82, 2.24) is 10.2 Å². The summed E-state index contributed by atoms with van der Waals surface area (Å²) in [6, 6.07) is 7.91. The number of rotatable bonds is 5. The number of alkyl halides is 4. The summed E-state index contributed by atoms with van der Waals surface area (Å²) in [5, 5.41) is 4.02. The highest BCUT2D eigenvalue weighted by atomic mass is 32.1. The predicted octanol–water partition coefficient (Wildman–Crippen LogP) is 3.67. The lowest BCUT2D eigenvalue weighted by Gasteiger charge is -2.27. The summed E-state index contributed by atoms with van der Waals surface area (Å²) in [7, 11) is 0. The second-order valence-corrected chi connectivity index (χ2v) is 5.88. The van der Waals surface area contributed by atoms with E-state index in [4.69, 9.17) is 0 Å². The summed E-state index contributed by atoms with van der Waals surface area (Å²) < 4.78 is 56.0. The van der Waals surface area contributed by atoms with Gasteiger partial charge < -0.3 is 9.64 Å². The number of para-hydroxylation sites is 1. The van der Waals surface area contributed by atoms with E-state index in [0.717, 1.165) is 4.90 Å². The topological polar surface area (TPSA) is 55.3 Å². The van der Waals surface area contributed by atoms with E-state index in [1.807, 2.05) is 0 Å².